The summed E-state index contributed by atoms with van der Waals surface area (Å²) in [7, 11) is 0. The van der Waals surface area contributed by atoms with Crippen molar-refractivity contribution in [2.45, 2.75) is 25.2 Å². The predicted molar refractivity (Wildman–Crippen MR) is 78.0 cm³/mol. The summed E-state index contributed by atoms with van der Waals surface area (Å²) in [6, 6.07) is 0.0370. The van der Waals surface area contributed by atoms with Crippen molar-refractivity contribution in [1.29, 1.82) is 0 Å². The maximum absolute atomic E-state index is 12.3. The van der Waals surface area contributed by atoms with Gasteiger partial charge in [0, 0.05) is 38.4 Å². The molecule has 0 aromatic carbocycles. The van der Waals surface area contributed by atoms with E-state index in [2.05, 4.69) is 27.5 Å². The average molecular weight is 329 g/mol. The summed E-state index contributed by atoms with van der Waals surface area (Å²) < 4.78 is 37.6. The Bertz CT molecular complexity index is 589. The number of hydrogen-bond donors (Lipinski definition) is 1. The Morgan fingerprint density at radius 3 is 2.78 bits per heavy atom. The van der Waals surface area contributed by atoms with Gasteiger partial charge in [0.05, 0.1) is 11.9 Å². The number of amides is 2. The van der Waals surface area contributed by atoms with Gasteiger partial charge in [-0.25, -0.2) is 4.79 Å². The molecule has 0 bridgehead atoms. The van der Waals surface area contributed by atoms with Crippen molar-refractivity contribution in [3.8, 4) is 0 Å². The van der Waals surface area contributed by atoms with Crippen molar-refractivity contribution in [3.63, 3.8) is 0 Å². The second kappa shape index (κ2) is 6.23. The highest BCUT2D eigenvalue weighted by Gasteiger charge is 2.31. The summed E-state index contributed by atoms with van der Waals surface area (Å²) in [6.45, 7) is 1.92. The third kappa shape index (κ3) is 4.04. The van der Waals surface area contributed by atoms with E-state index in [-0.39, 0.29) is 11.7 Å². The zero-order chi connectivity index (χ0) is 16.4. The number of urea groups is 1. The Morgan fingerprint density at radius 2 is 2.09 bits per heavy atom. The zero-order valence-electron chi connectivity index (χ0n) is 12.5. The molecular weight excluding hydrogens is 311 g/mol. The molecule has 1 saturated heterocycles. The largest absolute Gasteiger partial charge is 0.408 e. The molecule has 0 saturated carbocycles. The summed E-state index contributed by atoms with van der Waals surface area (Å²) in [5, 5.41) is 6.21. The molecule has 3 rings (SSSR count). The lowest BCUT2D eigenvalue weighted by Gasteiger charge is -2.23. The van der Waals surface area contributed by atoms with Crippen molar-refractivity contribution in [1.82, 2.24) is 19.6 Å². The quantitative estimate of drug-likeness (QED) is 0.862. The summed E-state index contributed by atoms with van der Waals surface area (Å²) in [5.74, 6) is 0. The van der Waals surface area contributed by atoms with Gasteiger partial charge in [-0.05, 0) is 6.42 Å². The van der Waals surface area contributed by atoms with Crippen LogP contribution in [0.1, 0.15) is 6.42 Å². The molecule has 1 fully saturated rings. The van der Waals surface area contributed by atoms with Gasteiger partial charge in [-0.1, -0.05) is 12.2 Å². The number of hydrogen-bond acceptors (Lipinski definition) is 3. The van der Waals surface area contributed by atoms with E-state index in [0.717, 1.165) is 24.2 Å². The highest BCUT2D eigenvalue weighted by Crippen LogP contribution is 2.20. The molecule has 0 unspecified atom stereocenters. The molecule has 3 heterocycles. The van der Waals surface area contributed by atoms with Crippen molar-refractivity contribution in [2.75, 3.05) is 31.5 Å². The van der Waals surface area contributed by atoms with Crippen LogP contribution in [0.15, 0.2) is 24.5 Å². The van der Waals surface area contributed by atoms with Crippen LogP contribution in [0.4, 0.5) is 23.7 Å². The lowest BCUT2D eigenvalue weighted by Crippen LogP contribution is -2.38. The van der Waals surface area contributed by atoms with Crippen LogP contribution in [0.2, 0.25) is 0 Å². The first-order valence-corrected chi connectivity index (χ1v) is 7.45. The summed E-state index contributed by atoms with van der Waals surface area (Å²) >= 11 is 0. The van der Waals surface area contributed by atoms with Crippen LogP contribution in [0.25, 0.3) is 0 Å². The van der Waals surface area contributed by atoms with E-state index in [1.165, 1.54) is 12.4 Å². The van der Waals surface area contributed by atoms with Gasteiger partial charge in [0.1, 0.15) is 6.54 Å². The minimum atomic E-state index is -4.33. The molecule has 2 aliphatic rings. The van der Waals surface area contributed by atoms with Gasteiger partial charge >= 0.3 is 12.2 Å². The zero-order valence-corrected chi connectivity index (χ0v) is 12.5. The van der Waals surface area contributed by atoms with Crippen LogP contribution in [-0.2, 0) is 6.54 Å². The molecule has 2 aliphatic heterocycles. The molecule has 23 heavy (non-hydrogen) atoms. The Kier molecular flexibility index (Phi) is 4.29. The fraction of sp³-hybridized carbons (Fsp3) is 0.571. The number of carbonyl (C=O) groups excluding carboxylic acids is 1. The van der Waals surface area contributed by atoms with Crippen LogP contribution in [0.3, 0.4) is 0 Å². The normalized spacial score (nSPS) is 22.0. The second-order valence-electron chi connectivity index (χ2n) is 5.79. The van der Waals surface area contributed by atoms with E-state index < -0.39 is 12.7 Å². The van der Waals surface area contributed by atoms with E-state index in [9.17, 15) is 18.0 Å². The first-order valence-electron chi connectivity index (χ1n) is 7.45. The lowest BCUT2D eigenvalue weighted by atomic mass is 10.2. The third-order valence-corrected chi connectivity index (χ3v) is 4.04. The molecule has 0 aliphatic carbocycles. The van der Waals surface area contributed by atoms with E-state index in [1.54, 1.807) is 4.90 Å². The van der Waals surface area contributed by atoms with Gasteiger partial charge in [-0.15, -0.1) is 0 Å². The second-order valence-corrected chi connectivity index (χ2v) is 5.79. The third-order valence-electron chi connectivity index (χ3n) is 4.04. The SMILES string of the molecule is O=C(Nc1cnn(CC(F)(F)F)c1)N1CC[C@@H](N2CC=CC2)C1. The van der Waals surface area contributed by atoms with Crippen LogP contribution >= 0.6 is 0 Å². The van der Waals surface area contributed by atoms with Gasteiger partial charge in [0.2, 0.25) is 0 Å². The van der Waals surface area contributed by atoms with Gasteiger partial charge in [0.25, 0.3) is 0 Å². The summed E-state index contributed by atoms with van der Waals surface area (Å²) in [6.07, 6.45) is 3.20. The smallest absolute Gasteiger partial charge is 0.323 e. The highest BCUT2D eigenvalue weighted by atomic mass is 19.4. The first-order chi connectivity index (χ1) is 10.9. The maximum Gasteiger partial charge on any atom is 0.408 e. The molecule has 1 aromatic heterocycles. The molecule has 6 nitrogen and oxygen atoms in total. The molecule has 1 atom stereocenters. The van der Waals surface area contributed by atoms with Crippen LogP contribution < -0.4 is 5.32 Å². The monoisotopic (exact) mass is 329 g/mol. The number of halogens is 3. The minimum Gasteiger partial charge on any atom is -0.323 e. The molecule has 2 amide bonds. The van der Waals surface area contributed by atoms with Crippen molar-refractivity contribution in [2.24, 2.45) is 0 Å². The van der Waals surface area contributed by atoms with Crippen LogP contribution in [0, 0.1) is 0 Å². The maximum atomic E-state index is 12.3. The van der Waals surface area contributed by atoms with Crippen LogP contribution in [0.5, 0.6) is 0 Å². The Labute approximate surface area is 131 Å². The Morgan fingerprint density at radius 1 is 1.35 bits per heavy atom. The highest BCUT2D eigenvalue weighted by molar-refractivity contribution is 5.89. The number of alkyl halides is 3. The van der Waals surface area contributed by atoms with E-state index >= 15 is 0 Å². The number of nitrogens with one attached hydrogen (secondary N) is 1. The standard InChI is InChI=1S/C14H18F3N5O/c15-14(16,17)10-22-8-11(7-18-22)19-13(23)21-6-3-12(9-21)20-4-1-2-5-20/h1-2,7-8,12H,3-6,9-10H2,(H,19,23)/t12-/m1/s1. The fourth-order valence-electron chi connectivity index (χ4n) is 2.92. The molecule has 9 heteroatoms. The molecule has 0 radical (unpaired) electrons. The van der Waals surface area contributed by atoms with Gasteiger partial charge in [-0.3, -0.25) is 9.58 Å². The van der Waals surface area contributed by atoms with Gasteiger partial charge < -0.3 is 10.2 Å². The number of likely N-dealkylation sites (tertiary alicyclic amines) is 1. The van der Waals surface area contributed by atoms with E-state index in [1.807, 2.05) is 0 Å². The van der Waals surface area contributed by atoms with Crippen LogP contribution in [-0.4, -0.2) is 64.0 Å². The van der Waals surface area contributed by atoms with Crippen molar-refractivity contribution >= 4 is 11.7 Å². The van der Waals surface area contributed by atoms with Gasteiger partial charge in [0.15, 0.2) is 0 Å². The first kappa shape index (κ1) is 15.9. The summed E-state index contributed by atoms with van der Waals surface area (Å²) in [4.78, 5) is 16.2. The topological polar surface area (TPSA) is 53.4 Å². The fourth-order valence-corrected chi connectivity index (χ4v) is 2.92. The van der Waals surface area contributed by atoms with E-state index in [0.29, 0.717) is 19.1 Å². The Hall–Kier alpha value is -2.03. The molecule has 1 aromatic rings. The molecular formula is C14H18F3N5O. The number of rotatable bonds is 3. The molecule has 0 spiro atoms. The molecule has 126 valence electrons. The number of nitrogens with zero attached hydrogens (tertiary/aromatic N) is 4. The van der Waals surface area contributed by atoms with Crippen molar-refractivity contribution < 1.29 is 18.0 Å². The Balaban J connectivity index is 1.51. The minimum absolute atomic E-state index is 0.269. The average Bonchev–Trinajstić information content (AvgIpc) is 3.17. The van der Waals surface area contributed by atoms with E-state index in [4.69, 9.17) is 0 Å². The summed E-state index contributed by atoms with van der Waals surface area (Å²) in [5.41, 5.74) is 0.269. The number of anilines is 1. The number of aromatic nitrogens is 2. The predicted octanol–water partition coefficient (Wildman–Crippen LogP) is 1.92. The molecule has 1 N–H and O–H groups in total. The number of carbonyl (C=O) groups is 1. The van der Waals surface area contributed by atoms with Crippen molar-refractivity contribution in [3.05, 3.63) is 24.5 Å². The lowest BCUT2D eigenvalue weighted by molar-refractivity contribution is -0.142. The van der Waals surface area contributed by atoms with Gasteiger partial charge in [-0.2, -0.15) is 18.3 Å².